The third-order valence-electron chi connectivity index (χ3n) is 6.50. The fraction of sp³-hybridized carbons (Fsp3) is 0.419. The Kier molecular flexibility index (Phi) is 12.4. The first-order valence-electron chi connectivity index (χ1n) is 12.2. The summed E-state index contributed by atoms with van der Waals surface area (Å²) in [6, 6.07) is 0. The van der Waals surface area contributed by atoms with Crippen LogP contribution in [0.2, 0.25) is 0 Å². The molecule has 9 nitrogen and oxygen atoms in total. The van der Waals surface area contributed by atoms with Crippen LogP contribution in [-0.4, -0.2) is 70.3 Å². The molecule has 0 aromatic rings. The van der Waals surface area contributed by atoms with E-state index < -0.39 is 77.4 Å². The predicted octanol–water partition coefficient (Wildman–Crippen LogP) is 2.96. The van der Waals surface area contributed by atoms with E-state index in [0.29, 0.717) is 0 Å². The second kappa shape index (κ2) is 13.6. The van der Waals surface area contributed by atoms with Crippen LogP contribution >= 0.6 is 0 Å². The Hall–Kier alpha value is -3.66. The molecule has 0 aliphatic rings. The average molecular weight is 557 g/mol. The van der Waals surface area contributed by atoms with Gasteiger partial charge < -0.3 is 14.9 Å². The highest BCUT2D eigenvalue weighted by atomic mass is 16.5. The van der Waals surface area contributed by atoms with Crippen molar-refractivity contribution < 1.29 is 43.7 Å². The highest BCUT2D eigenvalue weighted by Crippen LogP contribution is 2.41. The summed E-state index contributed by atoms with van der Waals surface area (Å²) in [6.45, 7) is 25.5. The van der Waals surface area contributed by atoms with Crippen molar-refractivity contribution in [2.24, 2.45) is 10.8 Å². The van der Waals surface area contributed by atoms with Crippen molar-refractivity contribution in [2.75, 3.05) is 19.8 Å². The fourth-order valence-corrected chi connectivity index (χ4v) is 4.28. The van der Waals surface area contributed by atoms with Gasteiger partial charge in [-0.25, -0.2) is 0 Å². The smallest absolute Gasteiger partial charge is 0.193 e. The molecule has 0 amide bonds. The van der Waals surface area contributed by atoms with Crippen molar-refractivity contribution in [2.45, 2.75) is 53.6 Å². The van der Waals surface area contributed by atoms with Gasteiger partial charge >= 0.3 is 0 Å². The number of ether oxygens (including phenoxy) is 1. The molecule has 0 aromatic heterocycles. The normalized spacial score (nSPS) is 12.9. The van der Waals surface area contributed by atoms with Gasteiger partial charge in [0.25, 0.3) is 0 Å². The van der Waals surface area contributed by atoms with Crippen molar-refractivity contribution >= 4 is 34.7 Å². The Morgan fingerprint density at radius 2 is 0.925 bits per heavy atom. The number of Topliss-reactive ketones (excluding diaryl/α,β-unsaturated/α-hetero) is 6. The summed E-state index contributed by atoms with van der Waals surface area (Å²) in [6.07, 6.45) is -0.704. The molecule has 0 bridgehead atoms. The molecule has 0 spiro atoms. The summed E-state index contributed by atoms with van der Waals surface area (Å²) in [5, 5.41) is 21.8. The van der Waals surface area contributed by atoms with E-state index >= 15 is 0 Å². The molecule has 0 rings (SSSR count). The molecular formula is C31H40O9. The van der Waals surface area contributed by atoms with Crippen molar-refractivity contribution in [1.82, 2.24) is 0 Å². The van der Waals surface area contributed by atoms with Crippen LogP contribution in [-0.2, 0) is 33.5 Å². The van der Waals surface area contributed by atoms with Crippen LogP contribution in [0.4, 0.5) is 0 Å². The maximum atomic E-state index is 13.6. The summed E-state index contributed by atoms with van der Waals surface area (Å²) in [4.78, 5) is 80.0. The summed E-state index contributed by atoms with van der Waals surface area (Å²) < 4.78 is 5.73. The topological polar surface area (TPSA) is 152 Å². The van der Waals surface area contributed by atoms with Gasteiger partial charge in [-0.3, -0.25) is 28.8 Å². The van der Waals surface area contributed by atoms with Gasteiger partial charge in [0.2, 0.25) is 0 Å². The molecule has 0 aliphatic carbocycles. The first-order chi connectivity index (χ1) is 18.1. The largest absolute Gasteiger partial charge is 0.393 e. The standard InChI is InChI=1S/C31H40O9/c1-17(2)23(33)13-29(24(34)18(3)4,25(35)19(5)6)15-40-16-30(26(36)20(7)8,27(37)21(9)10)31(39,14-32)28(38)22(11)12/h32,39H,1,3,5,7,9,11,13-16H2,2,4,6,8,10,12H3. The third kappa shape index (κ3) is 6.72. The van der Waals surface area contributed by atoms with Gasteiger partial charge in [-0.1, -0.05) is 39.5 Å². The Morgan fingerprint density at radius 1 is 0.575 bits per heavy atom. The monoisotopic (exact) mass is 556 g/mol. The minimum Gasteiger partial charge on any atom is -0.393 e. The Balaban J connectivity index is 7.48. The van der Waals surface area contributed by atoms with Gasteiger partial charge in [-0.2, -0.15) is 0 Å². The molecule has 218 valence electrons. The van der Waals surface area contributed by atoms with E-state index in [1.807, 2.05) is 0 Å². The van der Waals surface area contributed by atoms with Crippen molar-refractivity contribution in [3.63, 3.8) is 0 Å². The summed E-state index contributed by atoms with van der Waals surface area (Å²) >= 11 is 0. The van der Waals surface area contributed by atoms with Crippen LogP contribution in [0.1, 0.15) is 48.0 Å². The van der Waals surface area contributed by atoms with Gasteiger partial charge in [0.15, 0.2) is 45.7 Å². The van der Waals surface area contributed by atoms with Gasteiger partial charge in [0.05, 0.1) is 19.8 Å². The number of rotatable bonds is 19. The first-order valence-corrected chi connectivity index (χ1v) is 12.2. The van der Waals surface area contributed by atoms with Crippen molar-refractivity contribution in [1.29, 1.82) is 0 Å². The van der Waals surface area contributed by atoms with Crippen LogP contribution in [0, 0.1) is 10.8 Å². The number of allylic oxidation sites excluding steroid dienone is 5. The van der Waals surface area contributed by atoms with Crippen LogP contribution in [0.5, 0.6) is 0 Å². The highest BCUT2D eigenvalue weighted by Gasteiger charge is 2.64. The average Bonchev–Trinajstić information content (AvgIpc) is 2.87. The quantitative estimate of drug-likeness (QED) is 0.181. The first kappa shape index (κ1) is 36.3. The van der Waals surface area contributed by atoms with E-state index in [4.69, 9.17) is 4.74 Å². The van der Waals surface area contributed by atoms with Gasteiger partial charge in [-0.05, 0) is 75.0 Å². The Labute approximate surface area is 235 Å². The Morgan fingerprint density at radius 3 is 1.20 bits per heavy atom. The summed E-state index contributed by atoms with van der Waals surface area (Å²) in [5.74, 6) is -5.94. The number of aliphatic hydroxyl groups is 2. The molecule has 1 unspecified atom stereocenters. The minimum absolute atomic E-state index is 0.0411. The lowest BCUT2D eigenvalue weighted by Crippen LogP contribution is -2.67. The van der Waals surface area contributed by atoms with Gasteiger partial charge in [0, 0.05) is 6.42 Å². The van der Waals surface area contributed by atoms with Crippen LogP contribution in [0.15, 0.2) is 72.9 Å². The second-order valence-corrected chi connectivity index (χ2v) is 10.4. The van der Waals surface area contributed by atoms with E-state index in [1.54, 1.807) is 0 Å². The molecule has 0 radical (unpaired) electrons. The van der Waals surface area contributed by atoms with Crippen LogP contribution in [0.25, 0.3) is 0 Å². The summed E-state index contributed by atoms with van der Waals surface area (Å²) in [5.41, 5.74) is -9.18. The molecule has 2 N–H and O–H groups in total. The minimum atomic E-state index is -3.10. The predicted molar refractivity (Wildman–Crippen MR) is 151 cm³/mol. The maximum Gasteiger partial charge on any atom is 0.193 e. The molecule has 40 heavy (non-hydrogen) atoms. The summed E-state index contributed by atoms with van der Waals surface area (Å²) in [7, 11) is 0. The number of carbonyl (C=O) groups is 6. The van der Waals surface area contributed by atoms with E-state index in [9.17, 15) is 39.0 Å². The van der Waals surface area contributed by atoms with Crippen LogP contribution in [0.3, 0.4) is 0 Å². The van der Waals surface area contributed by atoms with Crippen molar-refractivity contribution in [3.05, 3.63) is 72.9 Å². The molecule has 0 heterocycles. The molecular weight excluding hydrogens is 516 g/mol. The molecule has 0 fully saturated rings. The molecule has 0 saturated heterocycles. The number of hydrogen-bond donors (Lipinski definition) is 2. The number of hydrogen-bond acceptors (Lipinski definition) is 9. The van der Waals surface area contributed by atoms with Crippen molar-refractivity contribution in [3.8, 4) is 0 Å². The molecule has 9 heteroatoms. The fourth-order valence-electron chi connectivity index (χ4n) is 4.28. The zero-order valence-electron chi connectivity index (χ0n) is 24.3. The van der Waals surface area contributed by atoms with E-state index in [2.05, 4.69) is 39.5 Å². The molecule has 0 saturated carbocycles. The Bertz CT molecular complexity index is 1180. The lowest BCUT2D eigenvalue weighted by molar-refractivity contribution is -0.181. The van der Waals surface area contributed by atoms with Gasteiger partial charge in [-0.15, -0.1) is 0 Å². The lowest BCUT2D eigenvalue weighted by Gasteiger charge is -2.43. The number of aliphatic hydroxyl groups excluding tert-OH is 1. The second-order valence-electron chi connectivity index (χ2n) is 10.4. The van der Waals surface area contributed by atoms with Crippen LogP contribution < -0.4 is 0 Å². The molecule has 0 aliphatic heterocycles. The van der Waals surface area contributed by atoms with E-state index in [-0.39, 0.29) is 33.4 Å². The SMILES string of the molecule is C=C(C)C(=O)CC(COCC(C(=O)C(=C)C)(C(=O)C(=C)C)C(O)(CO)C(=O)C(=C)C)(C(=O)C(=C)C)C(=O)C(=C)C. The number of ketones is 6. The van der Waals surface area contributed by atoms with Gasteiger partial charge in [0.1, 0.15) is 5.41 Å². The molecule has 1 atom stereocenters. The maximum absolute atomic E-state index is 13.6. The van der Waals surface area contributed by atoms with E-state index in [0.717, 1.165) is 0 Å². The zero-order valence-corrected chi connectivity index (χ0v) is 24.3. The zero-order chi connectivity index (χ0) is 32.0. The third-order valence-corrected chi connectivity index (χ3v) is 6.50. The molecule has 0 aromatic carbocycles. The number of carbonyl (C=O) groups excluding carboxylic acids is 6. The van der Waals surface area contributed by atoms with E-state index in [1.165, 1.54) is 41.5 Å². The highest BCUT2D eigenvalue weighted by molar-refractivity contribution is 6.24. The lowest BCUT2D eigenvalue weighted by atomic mass is 9.61.